The van der Waals surface area contributed by atoms with Crippen LogP contribution < -0.4 is 10.5 Å². The Kier molecular flexibility index (Phi) is 4.86. The fourth-order valence-corrected chi connectivity index (χ4v) is 2.87. The molecule has 0 aliphatic rings. The zero-order chi connectivity index (χ0) is 18.1. The number of hydrogen-bond acceptors (Lipinski definition) is 4. The Morgan fingerprint density at radius 1 is 1.28 bits per heavy atom. The summed E-state index contributed by atoms with van der Waals surface area (Å²) < 4.78 is 12.9. The molecule has 0 saturated heterocycles. The Balaban J connectivity index is 1.93. The number of nitrogens with zero attached hydrogens (tertiary/aromatic N) is 2. The van der Waals surface area contributed by atoms with Crippen LogP contribution in [0.25, 0.3) is 11.1 Å². The SMILES string of the molecule is Cc1ccc(C(C)Oc2cc3oc(=O)n(CC(C)C)c3cc2Cl)nc1. The van der Waals surface area contributed by atoms with E-state index in [4.69, 9.17) is 20.8 Å². The number of ether oxygens (including phenoxy) is 1. The molecule has 0 aliphatic carbocycles. The van der Waals surface area contributed by atoms with E-state index < -0.39 is 0 Å². The number of hydrogen-bond donors (Lipinski definition) is 0. The van der Waals surface area contributed by atoms with Crippen LogP contribution in [0.5, 0.6) is 5.75 Å². The van der Waals surface area contributed by atoms with Crippen molar-refractivity contribution in [1.29, 1.82) is 0 Å². The largest absolute Gasteiger partial charge is 0.483 e. The second-order valence-corrected chi connectivity index (χ2v) is 7.05. The van der Waals surface area contributed by atoms with Gasteiger partial charge in [0.05, 0.1) is 16.2 Å². The molecule has 1 unspecified atom stereocenters. The molecule has 2 heterocycles. The van der Waals surface area contributed by atoms with Gasteiger partial charge in [-0.1, -0.05) is 31.5 Å². The van der Waals surface area contributed by atoms with Gasteiger partial charge in [-0.2, -0.15) is 0 Å². The van der Waals surface area contributed by atoms with E-state index in [1.54, 1.807) is 22.9 Å². The lowest BCUT2D eigenvalue weighted by molar-refractivity contribution is 0.222. The normalized spacial score (nSPS) is 12.7. The minimum atomic E-state index is -0.384. The first-order chi connectivity index (χ1) is 11.8. The number of pyridine rings is 1. The summed E-state index contributed by atoms with van der Waals surface area (Å²) in [5.41, 5.74) is 3.04. The Morgan fingerprint density at radius 2 is 2.04 bits per heavy atom. The summed E-state index contributed by atoms with van der Waals surface area (Å²) in [7, 11) is 0. The summed E-state index contributed by atoms with van der Waals surface area (Å²) in [6.07, 6.45) is 1.52. The zero-order valence-electron chi connectivity index (χ0n) is 14.7. The molecule has 0 radical (unpaired) electrons. The number of halogens is 1. The van der Waals surface area contributed by atoms with E-state index in [1.807, 2.05) is 39.8 Å². The second kappa shape index (κ2) is 6.92. The molecule has 3 rings (SSSR count). The second-order valence-electron chi connectivity index (χ2n) is 6.64. The molecule has 3 aromatic rings. The van der Waals surface area contributed by atoms with Gasteiger partial charge in [0.25, 0.3) is 0 Å². The van der Waals surface area contributed by atoms with Crippen molar-refractivity contribution in [3.8, 4) is 5.75 Å². The highest BCUT2D eigenvalue weighted by molar-refractivity contribution is 6.32. The molecule has 0 saturated carbocycles. The number of aryl methyl sites for hydroxylation is 1. The topological polar surface area (TPSA) is 57.3 Å². The van der Waals surface area contributed by atoms with Gasteiger partial charge < -0.3 is 9.15 Å². The van der Waals surface area contributed by atoms with Crippen molar-refractivity contribution in [1.82, 2.24) is 9.55 Å². The van der Waals surface area contributed by atoms with Crippen molar-refractivity contribution in [3.63, 3.8) is 0 Å². The van der Waals surface area contributed by atoms with Crippen molar-refractivity contribution < 1.29 is 9.15 Å². The van der Waals surface area contributed by atoms with E-state index in [2.05, 4.69) is 4.98 Å². The average Bonchev–Trinajstić information content (AvgIpc) is 2.83. The lowest BCUT2D eigenvalue weighted by atomic mass is 10.2. The highest BCUT2D eigenvalue weighted by Gasteiger charge is 2.17. The van der Waals surface area contributed by atoms with Crippen molar-refractivity contribution in [2.75, 3.05) is 0 Å². The molecule has 0 aliphatic heterocycles. The molecule has 0 fully saturated rings. The predicted octanol–water partition coefficient (Wildman–Crippen LogP) is 4.75. The number of oxazole rings is 1. The third-order valence-corrected chi connectivity index (χ3v) is 4.22. The first-order valence-electron chi connectivity index (χ1n) is 8.27. The van der Waals surface area contributed by atoms with Crippen LogP contribution in [-0.2, 0) is 6.54 Å². The maximum atomic E-state index is 12.1. The quantitative estimate of drug-likeness (QED) is 0.659. The van der Waals surface area contributed by atoms with Gasteiger partial charge in [0.2, 0.25) is 0 Å². The van der Waals surface area contributed by atoms with E-state index >= 15 is 0 Å². The highest BCUT2D eigenvalue weighted by atomic mass is 35.5. The molecular weight excluding hydrogens is 340 g/mol. The van der Waals surface area contributed by atoms with E-state index in [9.17, 15) is 4.79 Å². The summed E-state index contributed by atoms with van der Waals surface area (Å²) >= 11 is 6.38. The fraction of sp³-hybridized carbons (Fsp3) is 0.368. The standard InChI is InChI=1S/C19H21ClN2O3/c1-11(2)10-22-16-7-14(20)17(8-18(16)25-19(22)23)24-13(4)15-6-5-12(3)9-21-15/h5-9,11,13H,10H2,1-4H3. The minimum Gasteiger partial charge on any atom is -0.483 e. The first kappa shape index (κ1) is 17.5. The predicted molar refractivity (Wildman–Crippen MR) is 98.3 cm³/mol. The third-order valence-electron chi connectivity index (χ3n) is 3.92. The van der Waals surface area contributed by atoms with E-state index in [0.717, 1.165) is 11.3 Å². The van der Waals surface area contributed by atoms with Gasteiger partial charge in [-0.05, 0) is 37.5 Å². The van der Waals surface area contributed by atoms with Crippen LogP contribution in [-0.4, -0.2) is 9.55 Å². The van der Waals surface area contributed by atoms with E-state index in [1.165, 1.54) is 0 Å². The molecule has 132 valence electrons. The molecule has 0 spiro atoms. The molecule has 25 heavy (non-hydrogen) atoms. The van der Waals surface area contributed by atoms with Gasteiger partial charge in [-0.15, -0.1) is 0 Å². The molecule has 0 bridgehead atoms. The smallest absolute Gasteiger partial charge is 0.419 e. The molecule has 1 aromatic carbocycles. The van der Waals surface area contributed by atoms with Gasteiger partial charge in [0.1, 0.15) is 11.9 Å². The third kappa shape index (κ3) is 3.71. The van der Waals surface area contributed by atoms with Gasteiger partial charge in [0, 0.05) is 18.8 Å². The molecule has 2 aromatic heterocycles. The average molecular weight is 361 g/mol. The van der Waals surface area contributed by atoms with Gasteiger partial charge in [-0.3, -0.25) is 9.55 Å². The molecule has 0 amide bonds. The zero-order valence-corrected chi connectivity index (χ0v) is 15.5. The van der Waals surface area contributed by atoms with Crippen LogP contribution in [0, 0.1) is 12.8 Å². The van der Waals surface area contributed by atoms with Gasteiger partial charge in [-0.25, -0.2) is 4.79 Å². The summed E-state index contributed by atoms with van der Waals surface area (Å²) in [5.74, 6) is 0.403. The van der Waals surface area contributed by atoms with Crippen LogP contribution >= 0.6 is 11.6 Å². The first-order valence-corrected chi connectivity index (χ1v) is 8.65. The van der Waals surface area contributed by atoms with Crippen LogP contribution in [0.1, 0.15) is 38.1 Å². The Bertz CT molecular complexity index is 942. The monoisotopic (exact) mass is 360 g/mol. The van der Waals surface area contributed by atoms with Gasteiger partial charge in [0.15, 0.2) is 5.58 Å². The number of benzene rings is 1. The minimum absolute atomic E-state index is 0.278. The van der Waals surface area contributed by atoms with E-state index in [0.29, 0.717) is 34.3 Å². The number of fused-ring (bicyclic) bond motifs is 1. The Hall–Kier alpha value is -2.27. The Morgan fingerprint density at radius 3 is 2.68 bits per heavy atom. The van der Waals surface area contributed by atoms with Crippen molar-refractivity contribution in [2.24, 2.45) is 5.92 Å². The van der Waals surface area contributed by atoms with Crippen LogP contribution in [0.15, 0.2) is 39.7 Å². The molecule has 1 atom stereocenters. The van der Waals surface area contributed by atoms with Crippen molar-refractivity contribution in [2.45, 2.75) is 40.3 Å². The van der Waals surface area contributed by atoms with Crippen LogP contribution in [0.4, 0.5) is 0 Å². The van der Waals surface area contributed by atoms with E-state index in [-0.39, 0.29) is 11.9 Å². The van der Waals surface area contributed by atoms with Crippen molar-refractivity contribution >= 4 is 22.7 Å². The Labute approximate surface area is 151 Å². The lowest BCUT2D eigenvalue weighted by Gasteiger charge is -2.15. The van der Waals surface area contributed by atoms with Crippen molar-refractivity contribution in [3.05, 3.63) is 57.3 Å². The molecule has 6 heteroatoms. The molecule has 5 nitrogen and oxygen atoms in total. The number of aromatic nitrogens is 2. The molecule has 0 N–H and O–H groups in total. The maximum Gasteiger partial charge on any atom is 0.419 e. The summed E-state index contributed by atoms with van der Waals surface area (Å²) in [6, 6.07) is 7.29. The van der Waals surface area contributed by atoms with Gasteiger partial charge >= 0.3 is 5.76 Å². The maximum absolute atomic E-state index is 12.1. The fourth-order valence-electron chi connectivity index (χ4n) is 2.66. The summed E-state index contributed by atoms with van der Waals surface area (Å²) in [5, 5.41) is 0.435. The van der Waals surface area contributed by atoms with Crippen LogP contribution in [0.3, 0.4) is 0 Å². The van der Waals surface area contributed by atoms with Crippen LogP contribution in [0.2, 0.25) is 5.02 Å². The lowest BCUT2D eigenvalue weighted by Crippen LogP contribution is -2.17. The summed E-state index contributed by atoms with van der Waals surface area (Å²) in [4.78, 5) is 16.4. The number of rotatable bonds is 5. The summed E-state index contributed by atoms with van der Waals surface area (Å²) in [6.45, 7) is 8.54. The molecular formula is C19H21ClN2O3. The highest BCUT2D eigenvalue weighted by Crippen LogP contribution is 2.33.